The number of aromatic nitrogens is 2. The van der Waals surface area contributed by atoms with Gasteiger partial charge >= 0.3 is 0 Å². The number of thioether (sulfide) groups is 1. The van der Waals surface area contributed by atoms with E-state index in [-0.39, 0.29) is 0 Å². The summed E-state index contributed by atoms with van der Waals surface area (Å²) in [5.41, 5.74) is 0. The summed E-state index contributed by atoms with van der Waals surface area (Å²) >= 11 is 1.60. The molecule has 16 heavy (non-hydrogen) atoms. The zero-order valence-electron chi connectivity index (χ0n) is 9.48. The van der Waals surface area contributed by atoms with Crippen LogP contribution < -0.4 is 10.1 Å². The average molecular weight is 239 g/mol. The number of rotatable bonds is 4. The highest BCUT2D eigenvalue weighted by atomic mass is 32.2. The van der Waals surface area contributed by atoms with E-state index in [2.05, 4.69) is 15.3 Å². The minimum atomic E-state index is 0.661. The van der Waals surface area contributed by atoms with Crippen LogP contribution in [-0.2, 0) is 0 Å². The molecule has 1 saturated heterocycles. The summed E-state index contributed by atoms with van der Waals surface area (Å²) < 4.78 is 5.70. The maximum absolute atomic E-state index is 5.70. The van der Waals surface area contributed by atoms with Crippen molar-refractivity contribution in [2.75, 3.05) is 26.0 Å². The Morgan fingerprint density at radius 1 is 1.44 bits per heavy atom. The van der Waals surface area contributed by atoms with Gasteiger partial charge in [-0.25, -0.2) is 9.97 Å². The molecule has 1 aliphatic rings. The summed E-state index contributed by atoms with van der Waals surface area (Å²) in [6.07, 6.45) is 5.95. The Balaban J connectivity index is 1.83. The zero-order chi connectivity index (χ0) is 11.2. The van der Waals surface area contributed by atoms with Crippen LogP contribution in [0.3, 0.4) is 0 Å². The van der Waals surface area contributed by atoms with Crippen LogP contribution in [-0.4, -0.2) is 35.9 Å². The van der Waals surface area contributed by atoms with Crippen LogP contribution in [0.2, 0.25) is 0 Å². The fraction of sp³-hybridized carbons (Fsp3) is 0.636. The monoisotopic (exact) mass is 239 g/mol. The highest BCUT2D eigenvalue weighted by molar-refractivity contribution is 7.98. The van der Waals surface area contributed by atoms with Gasteiger partial charge in [0.05, 0.1) is 6.61 Å². The smallest absolute Gasteiger partial charge is 0.217 e. The summed E-state index contributed by atoms with van der Waals surface area (Å²) in [6.45, 7) is 2.98. The Labute approximate surface area is 100 Å². The minimum Gasteiger partial charge on any atom is -0.477 e. The first kappa shape index (κ1) is 11.7. The quantitative estimate of drug-likeness (QED) is 0.638. The van der Waals surface area contributed by atoms with Crippen LogP contribution in [0, 0.1) is 5.92 Å². The van der Waals surface area contributed by atoms with E-state index in [0.29, 0.717) is 11.8 Å². The molecule has 1 aromatic heterocycles. The topological polar surface area (TPSA) is 47.0 Å². The molecule has 0 amide bonds. The molecule has 0 spiro atoms. The Hall–Kier alpha value is -0.810. The molecule has 4 nitrogen and oxygen atoms in total. The SMILES string of the molecule is CSc1cc(OCC2CCNCC2)ncn1. The second-order valence-electron chi connectivity index (χ2n) is 3.90. The van der Waals surface area contributed by atoms with E-state index >= 15 is 0 Å². The largest absolute Gasteiger partial charge is 0.477 e. The molecule has 2 rings (SSSR count). The van der Waals surface area contributed by atoms with Crippen LogP contribution in [0.15, 0.2) is 17.4 Å². The molecule has 88 valence electrons. The fourth-order valence-electron chi connectivity index (χ4n) is 1.77. The first-order chi connectivity index (χ1) is 7.88. The number of nitrogens with one attached hydrogen (secondary N) is 1. The molecule has 0 saturated carbocycles. The first-order valence-corrected chi connectivity index (χ1v) is 6.80. The van der Waals surface area contributed by atoms with Gasteiger partial charge < -0.3 is 10.1 Å². The third-order valence-corrected chi connectivity index (χ3v) is 3.39. The number of nitrogens with zero attached hydrogens (tertiary/aromatic N) is 2. The molecule has 0 aliphatic carbocycles. The molecule has 1 N–H and O–H groups in total. The second-order valence-corrected chi connectivity index (χ2v) is 4.73. The molecule has 0 unspecified atom stereocenters. The Morgan fingerprint density at radius 2 is 2.25 bits per heavy atom. The van der Waals surface area contributed by atoms with Gasteiger partial charge in [0.25, 0.3) is 0 Å². The fourth-order valence-corrected chi connectivity index (χ4v) is 2.14. The lowest BCUT2D eigenvalue weighted by Crippen LogP contribution is -2.30. The van der Waals surface area contributed by atoms with Crippen molar-refractivity contribution in [2.24, 2.45) is 5.92 Å². The Morgan fingerprint density at radius 3 is 3.00 bits per heavy atom. The summed E-state index contributed by atoms with van der Waals surface area (Å²) in [7, 11) is 0. The molecule has 5 heteroatoms. The summed E-state index contributed by atoms with van der Waals surface area (Å²) in [5, 5.41) is 4.30. The van der Waals surface area contributed by atoms with Gasteiger partial charge in [-0.2, -0.15) is 0 Å². The van der Waals surface area contributed by atoms with E-state index < -0.39 is 0 Å². The predicted molar refractivity (Wildman–Crippen MR) is 64.9 cm³/mol. The third-order valence-electron chi connectivity index (χ3n) is 2.75. The molecule has 0 aromatic carbocycles. The standard InChI is InChI=1S/C11H17N3OS/c1-16-11-6-10(13-8-14-11)15-7-9-2-4-12-5-3-9/h6,8-9,12H,2-5,7H2,1H3. The molecule has 0 atom stereocenters. The lowest BCUT2D eigenvalue weighted by molar-refractivity contribution is 0.208. The second kappa shape index (κ2) is 6.06. The maximum atomic E-state index is 5.70. The molecular weight excluding hydrogens is 222 g/mol. The lowest BCUT2D eigenvalue weighted by Gasteiger charge is -2.22. The Bertz CT molecular complexity index is 329. The lowest BCUT2D eigenvalue weighted by atomic mass is 9.99. The van der Waals surface area contributed by atoms with E-state index in [9.17, 15) is 0 Å². The average Bonchev–Trinajstić information content (AvgIpc) is 2.38. The highest BCUT2D eigenvalue weighted by Gasteiger charge is 2.13. The Kier molecular flexibility index (Phi) is 4.42. The molecule has 1 fully saturated rings. The van der Waals surface area contributed by atoms with Crippen molar-refractivity contribution in [3.05, 3.63) is 12.4 Å². The maximum Gasteiger partial charge on any atom is 0.217 e. The van der Waals surface area contributed by atoms with Crippen molar-refractivity contribution in [1.29, 1.82) is 0 Å². The van der Waals surface area contributed by atoms with Gasteiger partial charge in [0, 0.05) is 6.07 Å². The van der Waals surface area contributed by atoms with Gasteiger partial charge in [0.2, 0.25) is 5.88 Å². The van der Waals surface area contributed by atoms with Crippen LogP contribution in [0.5, 0.6) is 5.88 Å². The van der Waals surface area contributed by atoms with Gasteiger partial charge in [-0.15, -0.1) is 11.8 Å². The zero-order valence-corrected chi connectivity index (χ0v) is 10.3. The van der Waals surface area contributed by atoms with Crippen LogP contribution >= 0.6 is 11.8 Å². The van der Waals surface area contributed by atoms with Crippen molar-refractivity contribution in [1.82, 2.24) is 15.3 Å². The minimum absolute atomic E-state index is 0.661. The summed E-state index contributed by atoms with van der Waals surface area (Å²) in [5.74, 6) is 1.35. The van der Waals surface area contributed by atoms with Crippen molar-refractivity contribution < 1.29 is 4.74 Å². The first-order valence-electron chi connectivity index (χ1n) is 5.58. The van der Waals surface area contributed by atoms with Crippen molar-refractivity contribution >= 4 is 11.8 Å². The normalized spacial score (nSPS) is 17.3. The van der Waals surface area contributed by atoms with E-state index in [4.69, 9.17) is 4.74 Å². The number of hydrogen-bond donors (Lipinski definition) is 1. The van der Waals surface area contributed by atoms with Crippen LogP contribution in [0.4, 0.5) is 0 Å². The summed E-state index contributed by atoms with van der Waals surface area (Å²) in [6, 6.07) is 1.89. The van der Waals surface area contributed by atoms with Gasteiger partial charge in [-0.3, -0.25) is 0 Å². The van der Waals surface area contributed by atoms with Gasteiger partial charge in [0.1, 0.15) is 11.4 Å². The van der Waals surface area contributed by atoms with Crippen LogP contribution in [0.1, 0.15) is 12.8 Å². The molecule has 1 aromatic rings. The van der Waals surface area contributed by atoms with Gasteiger partial charge in [-0.1, -0.05) is 0 Å². The highest BCUT2D eigenvalue weighted by Crippen LogP contribution is 2.17. The molecule has 1 aliphatic heterocycles. The third kappa shape index (κ3) is 3.35. The molecular formula is C11H17N3OS. The van der Waals surface area contributed by atoms with Gasteiger partial charge in [0.15, 0.2) is 0 Å². The van der Waals surface area contributed by atoms with Crippen LogP contribution in [0.25, 0.3) is 0 Å². The summed E-state index contributed by atoms with van der Waals surface area (Å²) in [4.78, 5) is 8.22. The van der Waals surface area contributed by atoms with Gasteiger partial charge in [-0.05, 0) is 38.1 Å². The van der Waals surface area contributed by atoms with E-state index in [1.54, 1.807) is 18.1 Å². The van der Waals surface area contributed by atoms with E-state index in [0.717, 1.165) is 24.7 Å². The molecule has 0 radical (unpaired) electrons. The number of hydrogen-bond acceptors (Lipinski definition) is 5. The van der Waals surface area contributed by atoms with E-state index in [1.165, 1.54) is 12.8 Å². The van der Waals surface area contributed by atoms with Crippen molar-refractivity contribution in [2.45, 2.75) is 17.9 Å². The van der Waals surface area contributed by atoms with Crippen molar-refractivity contribution in [3.63, 3.8) is 0 Å². The molecule has 0 bridgehead atoms. The van der Waals surface area contributed by atoms with Crippen molar-refractivity contribution in [3.8, 4) is 5.88 Å². The molecule has 2 heterocycles. The van der Waals surface area contributed by atoms with E-state index in [1.807, 2.05) is 12.3 Å². The predicted octanol–water partition coefficient (Wildman–Crippen LogP) is 1.58. The number of ether oxygens (including phenoxy) is 1. The number of piperidine rings is 1.